The van der Waals surface area contributed by atoms with E-state index in [1.54, 1.807) is 0 Å². The number of ether oxygens (including phenoxy) is 2. The molecule has 5 nitrogen and oxygen atoms in total. The minimum Gasteiger partial charge on any atom is -0.373 e. The summed E-state index contributed by atoms with van der Waals surface area (Å²) in [6.07, 6.45) is 2.65. The highest BCUT2D eigenvalue weighted by Gasteiger charge is 2.35. The summed E-state index contributed by atoms with van der Waals surface area (Å²) in [5, 5.41) is 0. The normalized spacial score (nSPS) is 33.4. The minimum atomic E-state index is -3.16. The van der Waals surface area contributed by atoms with Gasteiger partial charge in [-0.25, -0.2) is 13.1 Å². The first-order chi connectivity index (χ1) is 8.46. The molecular weight excluding hydrogens is 254 g/mol. The molecule has 0 amide bonds. The van der Waals surface area contributed by atoms with Gasteiger partial charge < -0.3 is 9.47 Å². The highest BCUT2D eigenvalue weighted by atomic mass is 32.2. The first-order valence-corrected chi connectivity index (χ1v) is 8.35. The lowest BCUT2D eigenvalue weighted by molar-refractivity contribution is -0.156. The predicted molar refractivity (Wildman–Crippen MR) is 68.9 cm³/mol. The summed E-state index contributed by atoms with van der Waals surface area (Å²) < 4.78 is 37.8. The van der Waals surface area contributed by atoms with E-state index in [1.165, 1.54) is 0 Å². The Bertz CT molecular complexity index is 368. The second kappa shape index (κ2) is 5.86. The van der Waals surface area contributed by atoms with Gasteiger partial charge in [0, 0.05) is 6.04 Å². The van der Waals surface area contributed by atoms with Crippen molar-refractivity contribution >= 4 is 10.0 Å². The van der Waals surface area contributed by atoms with Gasteiger partial charge in [-0.1, -0.05) is 13.8 Å². The van der Waals surface area contributed by atoms with Crippen LogP contribution in [0.15, 0.2) is 0 Å². The van der Waals surface area contributed by atoms with Crippen molar-refractivity contribution in [2.24, 2.45) is 5.92 Å². The molecule has 3 unspecified atom stereocenters. The Kier molecular flexibility index (Phi) is 4.64. The number of rotatable bonds is 4. The Morgan fingerprint density at radius 2 is 1.83 bits per heavy atom. The standard InChI is InChI=1S/C12H23NO4S/c1-9(2)8-18(14,15)13-10-3-4-11-12(7-10)17-6-5-16-11/h9-13H,3-8H2,1-2H3. The SMILES string of the molecule is CC(C)CS(=O)(=O)NC1CCC2OCCOC2C1. The van der Waals surface area contributed by atoms with Gasteiger partial charge in [-0.3, -0.25) is 0 Å². The van der Waals surface area contributed by atoms with Gasteiger partial charge in [0.05, 0.1) is 31.2 Å². The molecular formula is C12H23NO4S. The average Bonchev–Trinajstić information content (AvgIpc) is 2.26. The topological polar surface area (TPSA) is 64.6 Å². The van der Waals surface area contributed by atoms with Crippen LogP contribution in [-0.2, 0) is 19.5 Å². The molecule has 106 valence electrons. The third-order valence-electron chi connectivity index (χ3n) is 3.38. The Balaban J connectivity index is 1.87. The van der Waals surface area contributed by atoms with E-state index in [0.29, 0.717) is 13.2 Å². The summed E-state index contributed by atoms with van der Waals surface area (Å²) in [6.45, 7) is 5.10. The fourth-order valence-corrected chi connectivity index (χ4v) is 4.41. The molecule has 0 spiro atoms. The zero-order chi connectivity index (χ0) is 13.2. The van der Waals surface area contributed by atoms with Crippen LogP contribution in [0.3, 0.4) is 0 Å². The van der Waals surface area contributed by atoms with E-state index < -0.39 is 10.0 Å². The van der Waals surface area contributed by atoms with Crippen LogP contribution in [0.5, 0.6) is 0 Å². The molecule has 1 saturated carbocycles. The molecule has 1 heterocycles. The van der Waals surface area contributed by atoms with Crippen LogP contribution >= 0.6 is 0 Å². The van der Waals surface area contributed by atoms with Crippen molar-refractivity contribution in [3.63, 3.8) is 0 Å². The van der Waals surface area contributed by atoms with Crippen molar-refractivity contribution in [1.82, 2.24) is 4.72 Å². The molecule has 1 saturated heterocycles. The third kappa shape index (κ3) is 3.91. The van der Waals surface area contributed by atoms with Crippen molar-refractivity contribution < 1.29 is 17.9 Å². The van der Waals surface area contributed by atoms with E-state index in [1.807, 2.05) is 13.8 Å². The second-order valence-electron chi connectivity index (χ2n) is 5.62. The maximum Gasteiger partial charge on any atom is 0.212 e. The summed E-state index contributed by atoms with van der Waals surface area (Å²) in [5.41, 5.74) is 0. The zero-order valence-corrected chi connectivity index (χ0v) is 11.9. The Labute approximate surface area is 109 Å². The van der Waals surface area contributed by atoms with Gasteiger partial charge in [-0.2, -0.15) is 0 Å². The van der Waals surface area contributed by atoms with Crippen LogP contribution in [0.2, 0.25) is 0 Å². The smallest absolute Gasteiger partial charge is 0.212 e. The summed E-state index contributed by atoms with van der Waals surface area (Å²) in [7, 11) is -3.16. The van der Waals surface area contributed by atoms with Gasteiger partial charge in [0.1, 0.15) is 0 Å². The zero-order valence-electron chi connectivity index (χ0n) is 11.1. The Morgan fingerprint density at radius 3 is 2.50 bits per heavy atom. The Hall–Kier alpha value is -0.170. The van der Waals surface area contributed by atoms with Crippen LogP contribution in [0, 0.1) is 5.92 Å². The molecule has 2 aliphatic rings. The third-order valence-corrected chi connectivity index (χ3v) is 5.18. The maximum atomic E-state index is 11.9. The summed E-state index contributed by atoms with van der Waals surface area (Å²) in [5.74, 6) is 0.336. The van der Waals surface area contributed by atoms with E-state index in [0.717, 1.165) is 19.3 Å². The van der Waals surface area contributed by atoms with Crippen molar-refractivity contribution in [3.05, 3.63) is 0 Å². The van der Waals surface area contributed by atoms with Gasteiger partial charge in [-0.05, 0) is 25.2 Å². The lowest BCUT2D eigenvalue weighted by Crippen LogP contribution is -2.49. The molecule has 3 atom stereocenters. The van der Waals surface area contributed by atoms with E-state index >= 15 is 0 Å². The highest BCUT2D eigenvalue weighted by molar-refractivity contribution is 7.89. The van der Waals surface area contributed by atoms with Crippen LogP contribution in [-0.4, -0.2) is 45.6 Å². The lowest BCUT2D eigenvalue weighted by atomic mass is 9.90. The number of hydrogen-bond acceptors (Lipinski definition) is 4. The summed E-state index contributed by atoms with van der Waals surface area (Å²) in [6, 6.07) is -0.00306. The van der Waals surface area contributed by atoms with Gasteiger partial charge in [0.2, 0.25) is 10.0 Å². The highest BCUT2D eigenvalue weighted by Crippen LogP contribution is 2.27. The van der Waals surface area contributed by atoms with E-state index in [2.05, 4.69) is 4.72 Å². The number of hydrogen-bond donors (Lipinski definition) is 1. The molecule has 18 heavy (non-hydrogen) atoms. The first kappa shape index (κ1) is 14.2. The second-order valence-corrected chi connectivity index (χ2v) is 7.42. The lowest BCUT2D eigenvalue weighted by Gasteiger charge is -2.38. The van der Waals surface area contributed by atoms with Gasteiger partial charge in [0.25, 0.3) is 0 Å². The molecule has 1 aliphatic heterocycles. The van der Waals surface area contributed by atoms with E-state index in [9.17, 15) is 8.42 Å². The van der Waals surface area contributed by atoms with Crippen LogP contribution < -0.4 is 4.72 Å². The van der Waals surface area contributed by atoms with Gasteiger partial charge >= 0.3 is 0 Å². The molecule has 0 bridgehead atoms. The van der Waals surface area contributed by atoms with Gasteiger partial charge in [-0.15, -0.1) is 0 Å². The molecule has 0 radical (unpaired) electrons. The predicted octanol–water partition coefficient (Wildman–Crippen LogP) is 0.898. The summed E-state index contributed by atoms with van der Waals surface area (Å²) >= 11 is 0. The molecule has 2 rings (SSSR count). The molecule has 0 aromatic carbocycles. The molecule has 0 aromatic rings. The minimum absolute atomic E-state index is 0.00306. The van der Waals surface area contributed by atoms with Crippen molar-refractivity contribution in [2.45, 2.75) is 51.4 Å². The monoisotopic (exact) mass is 277 g/mol. The molecule has 0 aromatic heterocycles. The number of fused-ring (bicyclic) bond motifs is 1. The van der Waals surface area contributed by atoms with Gasteiger partial charge in [0.15, 0.2) is 0 Å². The fraction of sp³-hybridized carbons (Fsp3) is 1.00. The van der Waals surface area contributed by atoms with E-state index in [4.69, 9.17) is 9.47 Å². The van der Waals surface area contributed by atoms with Crippen LogP contribution in [0.25, 0.3) is 0 Å². The van der Waals surface area contributed by atoms with Crippen LogP contribution in [0.1, 0.15) is 33.1 Å². The molecule has 1 aliphatic carbocycles. The van der Waals surface area contributed by atoms with E-state index in [-0.39, 0.29) is 29.9 Å². The quantitative estimate of drug-likeness (QED) is 0.829. The fourth-order valence-electron chi connectivity index (χ4n) is 2.71. The first-order valence-electron chi connectivity index (χ1n) is 6.69. The number of sulfonamides is 1. The average molecular weight is 277 g/mol. The molecule has 2 fully saturated rings. The van der Waals surface area contributed by atoms with Crippen molar-refractivity contribution in [3.8, 4) is 0 Å². The molecule has 6 heteroatoms. The van der Waals surface area contributed by atoms with Crippen molar-refractivity contribution in [1.29, 1.82) is 0 Å². The van der Waals surface area contributed by atoms with Crippen LogP contribution in [0.4, 0.5) is 0 Å². The number of nitrogens with one attached hydrogen (secondary N) is 1. The Morgan fingerprint density at radius 1 is 1.17 bits per heavy atom. The van der Waals surface area contributed by atoms with Crippen molar-refractivity contribution in [2.75, 3.05) is 19.0 Å². The molecule has 1 N–H and O–H groups in total. The maximum absolute atomic E-state index is 11.9. The summed E-state index contributed by atoms with van der Waals surface area (Å²) in [4.78, 5) is 0. The largest absolute Gasteiger partial charge is 0.373 e.